The van der Waals surface area contributed by atoms with Crippen LogP contribution < -0.4 is 0 Å². The van der Waals surface area contributed by atoms with Crippen LogP contribution in [0.5, 0.6) is 0 Å². The molecule has 0 radical (unpaired) electrons. The van der Waals surface area contributed by atoms with Crippen LogP contribution in [0, 0.1) is 0 Å². The average Bonchev–Trinajstić information content (AvgIpc) is 2.37. The predicted octanol–water partition coefficient (Wildman–Crippen LogP) is 4.61. The van der Waals surface area contributed by atoms with Crippen LogP contribution >= 0.6 is 23.2 Å². The van der Waals surface area contributed by atoms with Gasteiger partial charge in [-0.3, -0.25) is 0 Å². The van der Waals surface area contributed by atoms with Crippen LogP contribution in [0.3, 0.4) is 0 Å². The highest BCUT2D eigenvalue weighted by molar-refractivity contribution is 6.20. The minimum absolute atomic E-state index is 0.135. The number of hydrogen-bond donors (Lipinski definition) is 0. The number of hydrogen-bond acceptors (Lipinski definition) is 2. The number of alkyl halides is 2. The molecule has 0 aliphatic heterocycles. The molecule has 0 fully saturated rings. The first-order valence-electron chi connectivity index (χ1n) is 7.14. The molecule has 110 valence electrons. The van der Waals surface area contributed by atoms with Crippen molar-refractivity contribution in [2.75, 3.05) is 26.4 Å². The standard InChI is InChI=1S/C14H28Cl2O2/c1-3-5-7-13(15)11-17-9-10-18-12-14(16)8-6-4-2/h13-14H,3-12H2,1-2H3. The van der Waals surface area contributed by atoms with Gasteiger partial charge in [0.1, 0.15) is 0 Å². The Bertz CT molecular complexity index is 150. The molecule has 0 bridgehead atoms. The summed E-state index contributed by atoms with van der Waals surface area (Å²) in [6, 6.07) is 0. The highest BCUT2D eigenvalue weighted by Crippen LogP contribution is 2.08. The first-order valence-corrected chi connectivity index (χ1v) is 8.01. The van der Waals surface area contributed by atoms with Gasteiger partial charge in [-0.25, -0.2) is 0 Å². The molecule has 2 atom stereocenters. The van der Waals surface area contributed by atoms with E-state index in [4.69, 9.17) is 32.7 Å². The van der Waals surface area contributed by atoms with Crippen LogP contribution in [0.15, 0.2) is 0 Å². The van der Waals surface area contributed by atoms with Crippen LogP contribution in [-0.4, -0.2) is 37.2 Å². The number of rotatable bonds is 13. The molecule has 18 heavy (non-hydrogen) atoms. The monoisotopic (exact) mass is 298 g/mol. The quantitative estimate of drug-likeness (QED) is 0.365. The van der Waals surface area contributed by atoms with E-state index in [1.165, 1.54) is 25.7 Å². The molecule has 0 heterocycles. The molecule has 0 aromatic heterocycles. The third-order valence-electron chi connectivity index (χ3n) is 2.71. The molecule has 2 nitrogen and oxygen atoms in total. The zero-order chi connectivity index (χ0) is 13.6. The lowest BCUT2D eigenvalue weighted by Gasteiger charge is -2.11. The van der Waals surface area contributed by atoms with Gasteiger partial charge in [-0.1, -0.05) is 39.5 Å². The average molecular weight is 299 g/mol. The van der Waals surface area contributed by atoms with Gasteiger partial charge in [0.05, 0.1) is 37.2 Å². The predicted molar refractivity (Wildman–Crippen MR) is 80.0 cm³/mol. The van der Waals surface area contributed by atoms with E-state index in [-0.39, 0.29) is 10.8 Å². The Hall–Kier alpha value is 0.500. The van der Waals surface area contributed by atoms with Gasteiger partial charge in [0.25, 0.3) is 0 Å². The molecule has 0 aliphatic rings. The van der Waals surface area contributed by atoms with Gasteiger partial charge in [0.15, 0.2) is 0 Å². The van der Waals surface area contributed by atoms with Gasteiger partial charge in [-0.2, -0.15) is 0 Å². The van der Waals surface area contributed by atoms with Gasteiger partial charge < -0.3 is 9.47 Å². The summed E-state index contributed by atoms with van der Waals surface area (Å²) in [5, 5.41) is 0.269. The lowest BCUT2D eigenvalue weighted by atomic mass is 10.2. The molecule has 0 rings (SSSR count). The third-order valence-corrected chi connectivity index (χ3v) is 3.40. The largest absolute Gasteiger partial charge is 0.378 e. The summed E-state index contributed by atoms with van der Waals surface area (Å²) in [7, 11) is 0. The Balaban J connectivity index is 3.19. The minimum Gasteiger partial charge on any atom is -0.378 e. The van der Waals surface area contributed by atoms with E-state index >= 15 is 0 Å². The fourth-order valence-corrected chi connectivity index (χ4v) is 2.04. The molecule has 0 saturated carbocycles. The fourth-order valence-electron chi connectivity index (χ4n) is 1.56. The Kier molecular flexibility index (Phi) is 14.3. The molecule has 0 saturated heterocycles. The van der Waals surface area contributed by atoms with E-state index in [9.17, 15) is 0 Å². The Labute approximate surface area is 122 Å². The molecule has 0 amide bonds. The minimum atomic E-state index is 0.135. The molecular formula is C14H28Cl2O2. The molecular weight excluding hydrogens is 271 g/mol. The second-order valence-corrected chi connectivity index (χ2v) is 5.86. The van der Waals surface area contributed by atoms with Gasteiger partial charge >= 0.3 is 0 Å². The molecule has 0 aromatic carbocycles. The Morgan fingerprint density at radius 2 is 1.17 bits per heavy atom. The van der Waals surface area contributed by atoms with Crippen LogP contribution in [-0.2, 0) is 9.47 Å². The summed E-state index contributed by atoms with van der Waals surface area (Å²) >= 11 is 12.2. The van der Waals surface area contributed by atoms with E-state index in [1.807, 2.05) is 0 Å². The second kappa shape index (κ2) is 13.9. The smallest absolute Gasteiger partial charge is 0.0701 e. The van der Waals surface area contributed by atoms with Gasteiger partial charge in [0, 0.05) is 0 Å². The molecule has 2 unspecified atom stereocenters. The molecule has 0 aliphatic carbocycles. The Morgan fingerprint density at radius 3 is 1.50 bits per heavy atom. The van der Waals surface area contributed by atoms with Gasteiger partial charge in [0.2, 0.25) is 0 Å². The van der Waals surface area contributed by atoms with Crippen molar-refractivity contribution in [1.29, 1.82) is 0 Å². The van der Waals surface area contributed by atoms with E-state index in [2.05, 4.69) is 13.8 Å². The summed E-state index contributed by atoms with van der Waals surface area (Å²) in [4.78, 5) is 0. The zero-order valence-electron chi connectivity index (χ0n) is 11.8. The van der Waals surface area contributed by atoms with Gasteiger partial charge in [-0.15, -0.1) is 23.2 Å². The highest BCUT2D eigenvalue weighted by Gasteiger charge is 2.05. The van der Waals surface area contributed by atoms with E-state index in [0.717, 1.165) is 12.8 Å². The van der Waals surface area contributed by atoms with Gasteiger partial charge in [-0.05, 0) is 12.8 Å². The highest BCUT2D eigenvalue weighted by atomic mass is 35.5. The van der Waals surface area contributed by atoms with Crippen LogP contribution in [0.1, 0.15) is 52.4 Å². The van der Waals surface area contributed by atoms with Crippen molar-refractivity contribution >= 4 is 23.2 Å². The van der Waals surface area contributed by atoms with Crippen molar-refractivity contribution in [2.24, 2.45) is 0 Å². The maximum atomic E-state index is 6.09. The second-order valence-electron chi connectivity index (χ2n) is 4.63. The first kappa shape index (κ1) is 18.5. The summed E-state index contributed by atoms with van der Waals surface area (Å²) < 4.78 is 10.9. The summed E-state index contributed by atoms with van der Waals surface area (Å²) in [5.74, 6) is 0. The van der Waals surface area contributed by atoms with Crippen molar-refractivity contribution in [1.82, 2.24) is 0 Å². The van der Waals surface area contributed by atoms with Crippen molar-refractivity contribution < 1.29 is 9.47 Å². The molecule has 0 spiro atoms. The third kappa shape index (κ3) is 12.9. The lowest BCUT2D eigenvalue weighted by molar-refractivity contribution is 0.0467. The normalized spacial score (nSPS) is 14.7. The van der Waals surface area contributed by atoms with Crippen molar-refractivity contribution in [3.05, 3.63) is 0 Å². The van der Waals surface area contributed by atoms with E-state index in [1.54, 1.807) is 0 Å². The Morgan fingerprint density at radius 1 is 0.778 bits per heavy atom. The van der Waals surface area contributed by atoms with E-state index < -0.39 is 0 Å². The SMILES string of the molecule is CCCCC(Cl)COCCOCC(Cl)CCCC. The van der Waals surface area contributed by atoms with Crippen LogP contribution in [0.25, 0.3) is 0 Å². The molecule has 4 heteroatoms. The summed E-state index contributed by atoms with van der Waals surface area (Å²) in [6.45, 7) is 6.77. The number of unbranched alkanes of at least 4 members (excludes halogenated alkanes) is 2. The molecule has 0 N–H and O–H groups in total. The number of ether oxygens (including phenoxy) is 2. The maximum absolute atomic E-state index is 6.09. The first-order chi connectivity index (χ1) is 8.70. The zero-order valence-corrected chi connectivity index (χ0v) is 13.3. The van der Waals surface area contributed by atoms with Crippen molar-refractivity contribution in [2.45, 2.75) is 63.1 Å². The van der Waals surface area contributed by atoms with Crippen molar-refractivity contribution in [3.63, 3.8) is 0 Å². The number of halogens is 2. The summed E-state index contributed by atoms with van der Waals surface area (Å²) in [6.07, 6.45) is 6.75. The van der Waals surface area contributed by atoms with Crippen LogP contribution in [0.4, 0.5) is 0 Å². The maximum Gasteiger partial charge on any atom is 0.0701 e. The van der Waals surface area contributed by atoms with Crippen LogP contribution in [0.2, 0.25) is 0 Å². The van der Waals surface area contributed by atoms with E-state index in [0.29, 0.717) is 26.4 Å². The van der Waals surface area contributed by atoms with Crippen molar-refractivity contribution in [3.8, 4) is 0 Å². The molecule has 0 aromatic rings. The lowest BCUT2D eigenvalue weighted by Crippen LogP contribution is -2.15. The topological polar surface area (TPSA) is 18.5 Å². The fraction of sp³-hybridized carbons (Fsp3) is 1.00. The summed E-state index contributed by atoms with van der Waals surface area (Å²) in [5.41, 5.74) is 0.